The standard InChI is InChI=1S/C21H23ClN4O2S/c1-23-18-14-24-20-17(7-4-8-19(20)26-11-9-25(2)10-12-26)21(18)29(27,28)16-6-3-5-15(22)13-16/h3-8,13-14,23H,9-12H2,1-2H3. The van der Waals surface area contributed by atoms with Gasteiger partial charge < -0.3 is 15.1 Å². The van der Waals surface area contributed by atoms with E-state index in [1.165, 1.54) is 6.07 Å². The molecule has 4 rings (SSSR count). The van der Waals surface area contributed by atoms with Gasteiger partial charge in [-0.3, -0.25) is 4.98 Å². The van der Waals surface area contributed by atoms with Gasteiger partial charge in [-0.05, 0) is 31.3 Å². The predicted octanol–water partition coefficient (Wildman–Crippen LogP) is 3.51. The van der Waals surface area contributed by atoms with Crippen molar-refractivity contribution in [1.29, 1.82) is 0 Å². The zero-order chi connectivity index (χ0) is 20.6. The number of rotatable bonds is 4. The Morgan fingerprint density at radius 3 is 2.48 bits per heavy atom. The first-order valence-corrected chi connectivity index (χ1v) is 11.3. The molecular formula is C21H23ClN4O2S. The second-order valence-electron chi connectivity index (χ2n) is 7.18. The number of piperazine rings is 1. The minimum absolute atomic E-state index is 0.166. The van der Waals surface area contributed by atoms with Gasteiger partial charge in [0.15, 0.2) is 0 Å². The van der Waals surface area contributed by atoms with Crippen LogP contribution in [0.1, 0.15) is 0 Å². The summed E-state index contributed by atoms with van der Waals surface area (Å²) >= 11 is 6.07. The van der Waals surface area contributed by atoms with Crippen LogP contribution in [0.2, 0.25) is 5.02 Å². The van der Waals surface area contributed by atoms with Crippen molar-refractivity contribution in [3.8, 4) is 0 Å². The normalized spacial score (nSPS) is 15.6. The molecule has 1 aromatic heterocycles. The van der Waals surface area contributed by atoms with Crippen molar-refractivity contribution in [2.75, 3.05) is 50.5 Å². The van der Waals surface area contributed by atoms with Crippen LogP contribution in [0.25, 0.3) is 10.9 Å². The van der Waals surface area contributed by atoms with E-state index in [0.29, 0.717) is 21.6 Å². The molecule has 0 unspecified atom stereocenters. The number of hydrogen-bond donors (Lipinski definition) is 1. The number of sulfone groups is 1. The number of para-hydroxylation sites is 1. The first-order chi connectivity index (χ1) is 13.9. The molecule has 8 heteroatoms. The van der Waals surface area contributed by atoms with Gasteiger partial charge in [0.05, 0.1) is 28.0 Å². The molecule has 2 aromatic carbocycles. The highest BCUT2D eigenvalue weighted by molar-refractivity contribution is 7.92. The second kappa shape index (κ2) is 7.82. The summed E-state index contributed by atoms with van der Waals surface area (Å²) in [5.41, 5.74) is 2.12. The molecule has 2 heterocycles. The van der Waals surface area contributed by atoms with Gasteiger partial charge in [-0.15, -0.1) is 0 Å². The van der Waals surface area contributed by atoms with Gasteiger partial charge in [-0.1, -0.05) is 29.8 Å². The van der Waals surface area contributed by atoms with E-state index >= 15 is 0 Å². The molecule has 0 spiro atoms. The molecule has 1 fully saturated rings. The lowest BCUT2D eigenvalue weighted by molar-refractivity contribution is 0.313. The Morgan fingerprint density at radius 1 is 1.07 bits per heavy atom. The fourth-order valence-corrected chi connectivity index (χ4v) is 5.63. The number of aromatic nitrogens is 1. The molecule has 0 aliphatic carbocycles. The number of hydrogen-bond acceptors (Lipinski definition) is 6. The van der Waals surface area contributed by atoms with E-state index in [4.69, 9.17) is 11.6 Å². The molecule has 1 N–H and O–H groups in total. The van der Waals surface area contributed by atoms with E-state index in [-0.39, 0.29) is 9.79 Å². The third-order valence-corrected chi connectivity index (χ3v) is 7.40. The molecule has 0 bridgehead atoms. The summed E-state index contributed by atoms with van der Waals surface area (Å²) in [6.07, 6.45) is 1.60. The van der Waals surface area contributed by atoms with Crippen LogP contribution in [-0.2, 0) is 9.84 Å². The molecule has 1 aliphatic rings. The van der Waals surface area contributed by atoms with Gasteiger partial charge in [0.1, 0.15) is 4.90 Å². The Hall–Kier alpha value is -2.35. The maximum atomic E-state index is 13.6. The number of anilines is 2. The maximum absolute atomic E-state index is 13.6. The van der Waals surface area contributed by atoms with Gasteiger partial charge in [0.2, 0.25) is 9.84 Å². The van der Waals surface area contributed by atoms with Crippen molar-refractivity contribution in [3.05, 3.63) is 53.7 Å². The average Bonchev–Trinajstić information content (AvgIpc) is 2.73. The van der Waals surface area contributed by atoms with E-state index in [2.05, 4.69) is 27.1 Å². The van der Waals surface area contributed by atoms with Crippen molar-refractivity contribution in [2.45, 2.75) is 9.79 Å². The topological polar surface area (TPSA) is 65.5 Å². The third-order valence-electron chi connectivity index (χ3n) is 5.32. The second-order valence-corrected chi connectivity index (χ2v) is 9.50. The number of fused-ring (bicyclic) bond motifs is 1. The van der Waals surface area contributed by atoms with Crippen LogP contribution in [0.3, 0.4) is 0 Å². The predicted molar refractivity (Wildman–Crippen MR) is 118 cm³/mol. The number of benzene rings is 2. The van der Waals surface area contributed by atoms with E-state index in [1.807, 2.05) is 18.2 Å². The summed E-state index contributed by atoms with van der Waals surface area (Å²) in [6.45, 7) is 3.67. The largest absolute Gasteiger partial charge is 0.386 e. The summed E-state index contributed by atoms with van der Waals surface area (Å²) in [7, 11) is 0.00251. The van der Waals surface area contributed by atoms with Gasteiger partial charge >= 0.3 is 0 Å². The van der Waals surface area contributed by atoms with Crippen LogP contribution in [0, 0.1) is 0 Å². The maximum Gasteiger partial charge on any atom is 0.209 e. The number of likely N-dealkylation sites (N-methyl/N-ethyl adjacent to an activating group) is 1. The number of nitrogens with zero attached hydrogens (tertiary/aromatic N) is 3. The Morgan fingerprint density at radius 2 is 1.79 bits per heavy atom. The quantitative estimate of drug-likeness (QED) is 0.683. The molecule has 3 aromatic rings. The summed E-state index contributed by atoms with van der Waals surface area (Å²) in [5, 5.41) is 3.98. The monoisotopic (exact) mass is 430 g/mol. The summed E-state index contributed by atoms with van der Waals surface area (Å²) < 4.78 is 27.1. The summed E-state index contributed by atoms with van der Waals surface area (Å²) in [6, 6.07) is 12.1. The van der Waals surface area contributed by atoms with Gasteiger partial charge in [-0.25, -0.2) is 8.42 Å². The van der Waals surface area contributed by atoms with Crippen LogP contribution in [0.4, 0.5) is 11.4 Å². The number of pyridine rings is 1. The Kier molecular flexibility index (Phi) is 5.38. The molecule has 0 saturated carbocycles. The first-order valence-electron chi connectivity index (χ1n) is 9.45. The summed E-state index contributed by atoms with van der Waals surface area (Å²) in [4.78, 5) is 9.56. The van der Waals surface area contributed by atoms with E-state index in [0.717, 1.165) is 31.9 Å². The smallest absolute Gasteiger partial charge is 0.209 e. The average molecular weight is 431 g/mol. The van der Waals surface area contributed by atoms with Crippen LogP contribution < -0.4 is 10.2 Å². The number of halogens is 1. The molecule has 0 atom stereocenters. The van der Waals surface area contributed by atoms with E-state index < -0.39 is 9.84 Å². The lowest BCUT2D eigenvalue weighted by Crippen LogP contribution is -2.44. The summed E-state index contributed by atoms with van der Waals surface area (Å²) in [5.74, 6) is 0. The Labute approximate surface area is 176 Å². The zero-order valence-electron chi connectivity index (χ0n) is 16.4. The fourth-order valence-electron chi connectivity index (χ4n) is 3.71. The van der Waals surface area contributed by atoms with E-state index in [1.54, 1.807) is 31.4 Å². The first kappa shape index (κ1) is 19.9. The molecular weight excluding hydrogens is 408 g/mol. The van der Waals surface area contributed by atoms with E-state index in [9.17, 15) is 8.42 Å². The van der Waals surface area contributed by atoms with Crippen molar-refractivity contribution < 1.29 is 8.42 Å². The molecule has 29 heavy (non-hydrogen) atoms. The third kappa shape index (κ3) is 3.66. The van der Waals surface area contributed by atoms with Crippen molar-refractivity contribution >= 4 is 43.7 Å². The molecule has 1 saturated heterocycles. The van der Waals surface area contributed by atoms with Crippen LogP contribution in [0.15, 0.2) is 58.5 Å². The van der Waals surface area contributed by atoms with Crippen LogP contribution in [0.5, 0.6) is 0 Å². The molecule has 6 nitrogen and oxygen atoms in total. The molecule has 0 amide bonds. The lowest BCUT2D eigenvalue weighted by Gasteiger charge is -2.34. The lowest BCUT2D eigenvalue weighted by atomic mass is 10.1. The molecule has 152 valence electrons. The highest BCUT2D eigenvalue weighted by Gasteiger charge is 2.27. The number of nitrogens with one attached hydrogen (secondary N) is 1. The van der Waals surface area contributed by atoms with Crippen molar-refractivity contribution in [2.24, 2.45) is 0 Å². The van der Waals surface area contributed by atoms with Crippen LogP contribution in [-0.4, -0.2) is 58.6 Å². The van der Waals surface area contributed by atoms with Gasteiger partial charge in [0, 0.05) is 43.6 Å². The Balaban J connectivity index is 1.93. The Bertz CT molecular complexity index is 1160. The fraction of sp³-hybridized carbons (Fsp3) is 0.286. The molecule has 0 radical (unpaired) electrons. The molecule has 1 aliphatic heterocycles. The zero-order valence-corrected chi connectivity index (χ0v) is 18.0. The van der Waals surface area contributed by atoms with Gasteiger partial charge in [-0.2, -0.15) is 0 Å². The van der Waals surface area contributed by atoms with Crippen LogP contribution >= 0.6 is 11.6 Å². The minimum atomic E-state index is -3.80. The SMILES string of the molecule is CNc1cnc2c(N3CCN(C)CC3)cccc2c1S(=O)(=O)c1cccc(Cl)c1. The highest BCUT2D eigenvalue weighted by Crippen LogP contribution is 2.37. The minimum Gasteiger partial charge on any atom is -0.386 e. The van der Waals surface area contributed by atoms with Crippen molar-refractivity contribution in [1.82, 2.24) is 9.88 Å². The van der Waals surface area contributed by atoms with Gasteiger partial charge in [0.25, 0.3) is 0 Å². The highest BCUT2D eigenvalue weighted by atomic mass is 35.5. The van der Waals surface area contributed by atoms with Crippen molar-refractivity contribution in [3.63, 3.8) is 0 Å².